The van der Waals surface area contributed by atoms with Crippen molar-refractivity contribution in [2.24, 2.45) is 0 Å². The van der Waals surface area contributed by atoms with Crippen molar-refractivity contribution in [3.8, 4) is 0 Å². The Morgan fingerprint density at radius 3 is 0.520 bits per heavy atom. The molecule has 1 heterocycles. The van der Waals surface area contributed by atoms with Gasteiger partial charge in [0, 0.05) is 0 Å². The van der Waals surface area contributed by atoms with Crippen LogP contribution in [0.15, 0.2) is 0 Å². The Labute approximate surface area is 151 Å². The van der Waals surface area contributed by atoms with Gasteiger partial charge in [-0.25, -0.2) is 25.9 Å². The third-order valence-corrected chi connectivity index (χ3v) is 10.8. The molecule has 0 saturated carbocycles. The van der Waals surface area contributed by atoms with Crippen LogP contribution in [0.25, 0.3) is 0 Å². The Morgan fingerprint density at radius 2 is 0.440 bits per heavy atom. The zero-order chi connectivity index (χ0) is 19.2. The molecule has 144 valence electrons. The van der Waals surface area contributed by atoms with Crippen molar-refractivity contribution in [3.05, 3.63) is 0 Å². The van der Waals surface area contributed by atoms with Gasteiger partial charge in [-0.3, -0.25) is 27.4 Å². The first-order valence-corrected chi connectivity index (χ1v) is 13.1. The average molecular weight is 658 g/mol. The molecule has 25 heteroatoms. The molecule has 1 saturated heterocycles. The molecule has 1 fully saturated rings. The molecule has 25 heavy (non-hydrogen) atoms. The quantitative estimate of drug-likeness (QED) is 0.233. The first-order valence-electron chi connectivity index (χ1n) is 4.38. The maximum absolute atomic E-state index is 11.0. The Hall–Kier alpha value is 1.59. The Bertz CT molecular complexity index is 581. The average Bonchev–Trinajstić information content (AvgIpc) is 1.98. The van der Waals surface area contributed by atoms with Gasteiger partial charge < -0.3 is 29.4 Å². The molecule has 0 aromatic carbocycles. The summed E-state index contributed by atoms with van der Waals surface area (Å²) < 4.78 is 83.4. The fraction of sp³-hybridized carbons (Fsp3) is 0. The van der Waals surface area contributed by atoms with Crippen LogP contribution in [0.3, 0.4) is 0 Å². The molecule has 18 nitrogen and oxygen atoms in total. The van der Waals surface area contributed by atoms with E-state index in [2.05, 4.69) is 25.9 Å². The molecule has 0 aromatic rings. The molecule has 0 radical (unpaired) electrons. The van der Waals surface area contributed by atoms with Crippen molar-refractivity contribution in [2.75, 3.05) is 0 Å². The predicted molar refractivity (Wildman–Crippen MR) is 52.1 cm³/mol. The molecular weight excluding hydrogens is 658 g/mol. The van der Waals surface area contributed by atoms with E-state index in [9.17, 15) is 56.8 Å². The van der Waals surface area contributed by atoms with E-state index >= 15 is 0 Å². The zero-order valence-electron chi connectivity index (χ0n) is 10.4. The summed E-state index contributed by atoms with van der Waals surface area (Å²) in [6.45, 7) is 0. The molecule has 0 atom stereocenters. The maximum Gasteiger partial charge on any atom is 6.00 e. The first-order chi connectivity index (χ1) is 10.2. The molecule has 0 aromatic heterocycles. The zero-order valence-corrected chi connectivity index (χ0v) is 18.7. The van der Waals surface area contributed by atoms with Crippen molar-refractivity contribution in [1.82, 2.24) is 0 Å². The summed E-state index contributed by atoms with van der Waals surface area (Å²) in [5.41, 5.74) is 0. The van der Waals surface area contributed by atoms with Gasteiger partial charge in [0.05, 0.1) is 0 Å². The number of hydrogen-bond acceptors (Lipinski definition) is 18. The van der Waals surface area contributed by atoms with E-state index in [1.165, 1.54) is 0 Å². The summed E-state index contributed by atoms with van der Waals surface area (Å²) >= 11 is 0. The molecule has 1 aliphatic rings. The van der Waals surface area contributed by atoms with E-state index < -0.39 is 46.9 Å². The van der Waals surface area contributed by atoms with Gasteiger partial charge in [0.2, 0.25) is 0 Å². The van der Waals surface area contributed by atoms with Crippen molar-refractivity contribution in [2.45, 2.75) is 0 Å². The number of hydrogen-bond donors (Lipinski definition) is 0. The number of phosphoric acid groups is 6. The van der Waals surface area contributed by atoms with Gasteiger partial charge in [-0.05, 0) is 0 Å². The third-order valence-electron chi connectivity index (χ3n) is 1.20. The van der Waals surface area contributed by atoms with Crippen molar-refractivity contribution in [3.63, 3.8) is 0 Å². The Kier molecular flexibility index (Phi) is 8.66. The summed E-state index contributed by atoms with van der Waals surface area (Å²) in [6.07, 6.45) is 0. The van der Waals surface area contributed by atoms with E-state index in [-0.39, 0.29) is 21.1 Å². The SMILES string of the molecule is O=P1([O-])OP(=O)([O-])OP(=O)([O-])OP(=O)([O-])OP(=O)([O-])OP(=O)([O-])O1.[W+6]. The molecule has 0 spiro atoms. The normalized spacial score (nSPS) is 53.0. The van der Waals surface area contributed by atoms with Crippen LogP contribution in [-0.2, 0) is 74.3 Å². The van der Waals surface area contributed by atoms with Crippen LogP contribution in [0.1, 0.15) is 0 Å². The minimum atomic E-state index is -6.56. The first kappa shape index (κ1) is 26.6. The van der Waals surface area contributed by atoms with Gasteiger partial charge >= 0.3 is 21.1 Å². The Morgan fingerprint density at radius 1 is 0.360 bits per heavy atom. The summed E-state index contributed by atoms with van der Waals surface area (Å²) in [6, 6.07) is 0. The predicted octanol–water partition coefficient (Wildman–Crippen LogP) is -3.09. The van der Waals surface area contributed by atoms with Gasteiger partial charge in [0.1, 0.15) is 0 Å². The molecule has 0 amide bonds. The second-order valence-corrected chi connectivity index (χ2v) is 12.5. The van der Waals surface area contributed by atoms with Crippen molar-refractivity contribution < 1.29 is 104 Å². The molecule has 1 rings (SSSR count). The van der Waals surface area contributed by atoms with E-state index in [1.54, 1.807) is 0 Å². The molecule has 1 aliphatic heterocycles. The fourth-order valence-corrected chi connectivity index (χ4v) is 9.03. The van der Waals surface area contributed by atoms with Crippen molar-refractivity contribution in [1.29, 1.82) is 0 Å². The summed E-state index contributed by atoms with van der Waals surface area (Å²) in [4.78, 5) is 65.8. The largest absolute Gasteiger partial charge is 6.00 e. The molecule has 0 bridgehead atoms. The van der Waals surface area contributed by atoms with Gasteiger partial charge in [-0.1, -0.05) is 0 Å². The van der Waals surface area contributed by atoms with E-state index in [0.717, 1.165) is 0 Å². The second-order valence-electron chi connectivity index (χ2n) is 3.17. The summed E-state index contributed by atoms with van der Waals surface area (Å²) in [5.74, 6) is 0. The summed E-state index contributed by atoms with van der Waals surface area (Å²) in [5, 5.41) is 0. The minimum Gasteiger partial charge on any atom is -0.756 e. The van der Waals surface area contributed by atoms with Gasteiger partial charge in [0.15, 0.2) is 0 Å². The molecule has 0 aliphatic carbocycles. The maximum atomic E-state index is 11.0. The number of rotatable bonds is 0. The standard InChI is InChI=1S/H6O18P6.W/c1-19(2)13-20(3,4)15-22(7,8)17-24(11,12)18-23(9,10)16-21(5,6)14-19;/h(H,1,2)(H,3,4)(H,5,6)(H,7,8)(H,9,10)(H,11,12);/q;+6/p-6. The third kappa shape index (κ3) is 10.1. The van der Waals surface area contributed by atoms with Crippen molar-refractivity contribution >= 4 is 46.9 Å². The van der Waals surface area contributed by atoms with Gasteiger partial charge in [-0.2, -0.15) is 0 Å². The summed E-state index contributed by atoms with van der Waals surface area (Å²) in [7, 11) is -39.3. The van der Waals surface area contributed by atoms with Gasteiger partial charge in [-0.15, -0.1) is 0 Å². The second kappa shape index (κ2) is 8.14. The topological polar surface area (TPSA) is 296 Å². The smallest absolute Gasteiger partial charge is 0.756 e. The van der Waals surface area contributed by atoms with Crippen LogP contribution in [0.2, 0.25) is 0 Å². The van der Waals surface area contributed by atoms with Crippen LogP contribution in [-0.4, -0.2) is 0 Å². The minimum absolute atomic E-state index is 0. The van der Waals surface area contributed by atoms with E-state index in [1.807, 2.05) is 0 Å². The van der Waals surface area contributed by atoms with Crippen LogP contribution in [0, 0.1) is 0 Å². The van der Waals surface area contributed by atoms with E-state index in [4.69, 9.17) is 0 Å². The fourth-order valence-electron chi connectivity index (χ4n) is 0.824. The molecule has 0 unspecified atom stereocenters. The van der Waals surface area contributed by atoms with Crippen LogP contribution in [0.4, 0.5) is 0 Å². The van der Waals surface area contributed by atoms with Crippen LogP contribution in [0.5, 0.6) is 0 Å². The van der Waals surface area contributed by atoms with E-state index in [0.29, 0.717) is 0 Å². The monoisotopic (exact) mass is 658 g/mol. The molecular formula is O18P6W. The van der Waals surface area contributed by atoms with Gasteiger partial charge in [0.25, 0.3) is 46.9 Å². The molecule has 0 N–H and O–H groups in total. The van der Waals surface area contributed by atoms with Crippen LogP contribution >= 0.6 is 46.9 Å². The Balaban J connectivity index is 0.00000576. The van der Waals surface area contributed by atoms with Crippen LogP contribution < -0.4 is 29.4 Å².